The third-order valence-corrected chi connectivity index (χ3v) is 6.92. The fourth-order valence-electron chi connectivity index (χ4n) is 4.06. The van der Waals surface area contributed by atoms with Crippen molar-refractivity contribution in [3.05, 3.63) is 47.4 Å². The number of nitrogens with one attached hydrogen (secondary N) is 2. The van der Waals surface area contributed by atoms with Crippen molar-refractivity contribution in [3.8, 4) is 5.82 Å². The highest BCUT2D eigenvalue weighted by atomic mass is 32.1. The molecule has 0 amide bonds. The smallest absolute Gasteiger partial charge is 0.174 e. The van der Waals surface area contributed by atoms with Gasteiger partial charge in [0.25, 0.3) is 0 Å². The Hall–Kier alpha value is -2.77. The Kier molecular flexibility index (Phi) is 3.76. The lowest BCUT2D eigenvalue weighted by Gasteiger charge is -2.10. The number of nitrogens with zero attached hydrogens (tertiary/aromatic N) is 4. The van der Waals surface area contributed by atoms with Gasteiger partial charge in [-0.1, -0.05) is 6.58 Å². The van der Waals surface area contributed by atoms with Crippen molar-refractivity contribution in [2.24, 2.45) is 0 Å². The first kappa shape index (κ1) is 17.1. The Morgan fingerprint density at radius 1 is 1.21 bits per heavy atom. The summed E-state index contributed by atoms with van der Waals surface area (Å²) in [5, 5.41) is 14.3. The van der Waals surface area contributed by atoms with Gasteiger partial charge in [-0.05, 0) is 50.1 Å². The summed E-state index contributed by atoms with van der Waals surface area (Å²) in [5.41, 5.74) is 2.25. The van der Waals surface area contributed by atoms with E-state index in [1.807, 2.05) is 16.0 Å². The van der Waals surface area contributed by atoms with Crippen molar-refractivity contribution in [2.75, 3.05) is 11.9 Å². The van der Waals surface area contributed by atoms with Gasteiger partial charge in [0, 0.05) is 45.4 Å². The van der Waals surface area contributed by atoms with Crippen LogP contribution in [0.15, 0.2) is 30.8 Å². The Morgan fingerprint density at radius 2 is 2.10 bits per heavy atom. The second-order valence-electron chi connectivity index (χ2n) is 7.96. The van der Waals surface area contributed by atoms with Crippen LogP contribution in [0.2, 0.25) is 0 Å². The number of fused-ring (bicyclic) bond motifs is 5. The first-order valence-corrected chi connectivity index (χ1v) is 10.9. The molecule has 1 fully saturated rings. The van der Waals surface area contributed by atoms with E-state index in [0.717, 1.165) is 30.2 Å². The molecule has 1 atom stereocenters. The zero-order valence-corrected chi connectivity index (χ0v) is 17.1. The number of hydrogen-bond donors (Lipinski definition) is 2. The first-order valence-electron chi connectivity index (χ1n) is 10.1. The minimum absolute atomic E-state index is 0.455. The van der Waals surface area contributed by atoms with E-state index in [1.165, 1.54) is 38.9 Å². The third kappa shape index (κ3) is 2.76. The van der Waals surface area contributed by atoms with E-state index in [2.05, 4.69) is 58.5 Å². The summed E-state index contributed by atoms with van der Waals surface area (Å²) in [6.07, 6.45) is 4.04. The van der Waals surface area contributed by atoms with E-state index < -0.39 is 0 Å². The van der Waals surface area contributed by atoms with Gasteiger partial charge in [0.1, 0.15) is 5.82 Å². The number of aromatic nitrogens is 4. The molecule has 2 N–H and O–H groups in total. The maximum Gasteiger partial charge on any atom is 0.174 e. The molecule has 7 heteroatoms. The number of rotatable bonds is 3. The van der Waals surface area contributed by atoms with Crippen LogP contribution in [0.25, 0.3) is 32.9 Å². The number of thiophene rings is 1. The summed E-state index contributed by atoms with van der Waals surface area (Å²) >= 11 is 1.86. The van der Waals surface area contributed by atoms with Crippen molar-refractivity contribution in [1.82, 2.24) is 25.1 Å². The lowest BCUT2D eigenvalue weighted by molar-refractivity contribution is 0.584. The first-order chi connectivity index (χ1) is 14.2. The predicted molar refractivity (Wildman–Crippen MR) is 119 cm³/mol. The highest BCUT2D eigenvalue weighted by Gasteiger charge is 2.30. The van der Waals surface area contributed by atoms with E-state index >= 15 is 0 Å². The van der Waals surface area contributed by atoms with Crippen molar-refractivity contribution in [2.45, 2.75) is 38.3 Å². The zero-order valence-electron chi connectivity index (χ0n) is 16.3. The lowest BCUT2D eigenvalue weighted by atomic mass is 10.1. The van der Waals surface area contributed by atoms with E-state index in [9.17, 15) is 0 Å². The van der Waals surface area contributed by atoms with Crippen molar-refractivity contribution >= 4 is 44.1 Å². The van der Waals surface area contributed by atoms with Crippen molar-refractivity contribution in [3.63, 3.8) is 0 Å². The van der Waals surface area contributed by atoms with Crippen molar-refractivity contribution < 1.29 is 0 Å². The summed E-state index contributed by atoms with van der Waals surface area (Å²) in [6, 6.07) is 9.02. The number of anilines is 1. The van der Waals surface area contributed by atoms with Crippen LogP contribution in [-0.2, 0) is 6.54 Å². The molecule has 29 heavy (non-hydrogen) atoms. The largest absolute Gasteiger partial charge is 0.382 e. The SMILES string of the molecule is C=Cc1nc(C2CC2)n(-c2ccc3c(ccc4sc5c(c43)NC[C@@H](C)NC5)n2)n1. The molecule has 1 aliphatic carbocycles. The van der Waals surface area contributed by atoms with E-state index in [4.69, 9.17) is 4.98 Å². The van der Waals surface area contributed by atoms with Crippen LogP contribution in [0.4, 0.5) is 5.69 Å². The van der Waals surface area contributed by atoms with Gasteiger partial charge in [0.15, 0.2) is 11.6 Å². The van der Waals surface area contributed by atoms with Gasteiger partial charge in [0.05, 0.1) is 11.2 Å². The Bertz CT molecular complexity index is 1270. The van der Waals surface area contributed by atoms with E-state index in [0.29, 0.717) is 17.8 Å². The quantitative estimate of drug-likeness (QED) is 0.530. The highest BCUT2D eigenvalue weighted by molar-refractivity contribution is 7.20. The molecule has 1 saturated carbocycles. The molecule has 0 radical (unpaired) electrons. The molecule has 0 spiro atoms. The van der Waals surface area contributed by atoms with Crippen LogP contribution < -0.4 is 10.6 Å². The monoisotopic (exact) mass is 402 g/mol. The topological polar surface area (TPSA) is 67.7 Å². The van der Waals surface area contributed by atoms with Crippen LogP contribution in [0.1, 0.15) is 42.2 Å². The maximum atomic E-state index is 4.97. The molecule has 3 aromatic heterocycles. The molecule has 0 saturated heterocycles. The second-order valence-corrected chi connectivity index (χ2v) is 9.09. The van der Waals surface area contributed by atoms with Gasteiger partial charge in [-0.2, -0.15) is 4.68 Å². The highest BCUT2D eigenvalue weighted by Crippen LogP contribution is 2.42. The molecule has 6 nitrogen and oxygen atoms in total. The molecule has 6 rings (SSSR count). The van der Waals surface area contributed by atoms with Gasteiger partial charge < -0.3 is 10.6 Å². The molecule has 146 valence electrons. The van der Waals surface area contributed by atoms with Crippen LogP contribution in [0.3, 0.4) is 0 Å². The van der Waals surface area contributed by atoms with Crippen LogP contribution in [0.5, 0.6) is 0 Å². The Labute approximate surface area is 172 Å². The normalized spacial score (nSPS) is 19.1. The van der Waals surface area contributed by atoms with E-state index in [1.54, 1.807) is 6.08 Å². The molecule has 1 aromatic carbocycles. The van der Waals surface area contributed by atoms with Gasteiger partial charge >= 0.3 is 0 Å². The summed E-state index contributed by atoms with van der Waals surface area (Å²) in [6.45, 7) is 7.87. The van der Waals surface area contributed by atoms with Crippen LogP contribution >= 0.6 is 11.3 Å². The summed E-state index contributed by atoms with van der Waals surface area (Å²) in [4.78, 5) is 11.0. The summed E-state index contributed by atoms with van der Waals surface area (Å²) in [5.74, 6) is 2.98. The zero-order chi connectivity index (χ0) is 19.5. The fraction of sp³-hybridized carbons (Fsp3) is 0.318. The van der Waals surface area contributed by atoms with Gasteiger partial charge in [-0.15, -0.1) is 16.4 Å². The number of pyridine rings is 1. The average molecular weight is 403 g/mol. The summed E-state index contributed by atoms with van der Waals surface area (Å²) < 4.78 is 3.20. The molecule has 0 bridgehead atoms. The molecule has 4 heterocycles. The van der Waals surface area contributed by atoms with Gasteiger partial charge in [-0.25, -0.2) is 9.97 Å². The molecular weight excluding hydrogens is 380 g/mol. The molecule has 0 unspecified atom stereocenters. The molecular formula is C22H22N6S. The number of hydrogen-bond acceptors (Lipinski definition) is 6. The molecule has 2 aliphatic rings. The second kappa shape index (κ2) is 6.37. The van der Waals surface area contributed by atoms with Crippen LogP contribution in [0, 0.1) is 0 Å². The molecule has 4 aromatic rings. The van der Waals surface area contributed by atoms with Crippen molar-refractivity contribution in [1.29, 1.82) is 0 Å². The van der Waals surface area contributed by atoms with E-state index in [-0.39, 0.29) is 0 Å². The molecule has 1 aliphatic heterocycles. The summed E-state index contributed by atoms with van der Waals surface area (Å²) in [7, 11) is 0. The predicted octanol–water partition coefficient (Wildman–Crippen LogP) is 4.45. The fourth-order valence-corrected chi connectivity index (χ4v) is 5.21. The Balaban J connectivity index is 1.52. The maximum absolute atomic E-state index is 4.97. The average Bonchev–Trinajstić information content (AvgIpc) is 3.43. The lowest BCUT2D eigenvalue weighted by Crippen LogP contribution is -2.29. The minimum Gasteiger partial charge on any atom is -0.382 e. The van der Waals surface area contributed by atoms with Gasteiger partial charge in [0.2, 0.25) is 0 Å². The van der Waals surface area contributed by atoms with Crippen LogP contribution in [-0.4, -0.2) is 32.3 Å². The standard InChI is InChI=1S/C22H22N6S/c1-3-18-26-22(13-4-5-13)28(27-18)19-9-6-14-15(25-19)7-8-16-20(14)21-17(29-16)11-23-12(2)10-24-21/h3,6-9,12-13,23-24H,1,4-5,10-11H2,2H3/t12-/m1/s1. The number of benzene rings is 1. The van der Waals surface area contributed by atoms with Gasteiger partial charge in [-0.3, -0.25) is 0 Å². The minimum atomic E-state index is 0.455. The Morgan fingerprint density at radius 3 is 2.93 bits per heavy atom. The third-order valence-electron chi connectivity index (χ3n) is 5.77.